The Morgan fingerprint density at radius 3 is 2.47 bits per heavy atom. The third kappa shape index (κ3) is 4.56. The van der Waals surface area contributed by atoms with Gasteiger partial charge >= 0.3 is 0 Å². The van der Waals surface area contributed by atoms with Gasteiger partial charge in [-0.05, 0) is 43.5 Å². The maximum atomic E-state index is 13.3. The van der Waals surface area contributed by atoms with Crippen molar-refractivity contribution in [2.45, 2.75) is 51.0 Å². The van der Waals surface area contributed by atoms with Crippen LogP contribution in [0, 0.1) is 0 Å². The van der Waals surface area contributed by atoms with Gasteiger partial charge in [-0.25, -0.2) is 0 Å². The van der Waals surface area contributed by atoms with E-state index in [9.17, 15) is 9.59 Å². The number of hydrogen-bond acceptors (Lipinski definition) is 6. The highest BCUT2D eigenvalue weighted by atomic mass is 16.5. The second-order valence-electron chi connectivity index (χ2n) is 9.23. The van der Waals surface area contributed by atoms with E-state index >= 15 is 0 Å². The number of ether oxygens (including phenoxy) is 2. The number of carbonyl (C=O) groups is 2. The van der Waals surface area contributed by atoms with Gasteiger partial charge in [0.05, 0.1) is 32.4 Å². The van der Waals surface area contributed by atoms with Crippen LogP contribution < -0.4 is 10.1 Å². The lowest BCUT2D eigenvalue weighted by Crippen LogP contribution is -2.60. The molecule has 8 nitrogen and oxygen atoms in total. The summed E-state index contributed by atoms with van der Waals surface area (Å²) in [7, 11) is 1.67. The van der Waals surface area contributed by atoms with Gasteiger partial charge in [-0.3, -0.25) is 19.2 Å². The van der Waals surface area contributed by atoms with Crippen molar-refractivity contribution in [2.75, 3.05) is 20.3 Å². The summed E-state index contributed by atoms with van der Waals surface area (Å²) in [4.78, 5) is 27.4. The van der Waals surface area contributed by atoms with E-state index in [1.807, 2.05) is 36.4 Å². The summed E-state index contributed by atoms with van der Waals surface area (Å²) in [5.74, 6) is 0.662. The quantitative estimate of drug-likeness (QED) is 0.581. The van der Waals surface area contributed by atoms with Crippen molar-refractivity contribution in [1.82, 2.24) is 20.0 Å². The van der Waals surface area contributed by atoms with Crippen LogP contribution in [0.15, 0.2) is 48.5 Å². The van der Waals surface area contributed by atoms with Crippen LogP contribution in [0.4, 0.5) is 0 Å². The lowest BCUT2D eigenvalue weighted by atomic mass is 9.89. The van der Waals surface area contributed by atoms with E-state index in [1.165, 1.54) is 12.5 Å². The number of fused-ring (bicyclic) bond motifs is 3. The fourth-order valence-corrected chi connectivity index (χ4v) is 5.19. The SMILES string of the molecule is COc1ccc(CN2[C@@H]3COC[C@H]2CC(NC(=O)c2nn(CC(C)=O)c4ccccc24)C3)cc1. The minimum atomic E-state index is -0.189. The van der Waals surface area contributed by atoms with Crippen molar-refractivity contribution in [3.05, 3.63) is 59.8 Å². The molecule has 3 aromatic rings. The Balaban J connectivity index is 1.29. The van der Waals surface area contributed by atoms with Crippen molar-refractivity contribution in [1.29, 1.82) is 0 Å². The summed E-state index contributed by atoms with van der Waals surface area (Å²) in [5.41, 5.74) is 2.41. The van der Waals surface area contributed by atoms with Crippen molar-refractivity contribution >= 4 is 22.6 Å². The zero-order valence-electron chi connectivity index (χ0n) is 19.6. The van der Waals surface area contributed by atoms with Gasteiger partial charge in [-0.1, -0.05) is 30.3 Å². The van der Waals surface area contributed by atoms with Gasteiger partial charge < -0.3 is 14.8 Å². The lowest BCUT2D eigenvalue weighted by Gasteiger charge is -2.48. The highest BCUT2D eigenvalue weighted by Crippen LogP contribution is 2.30. The smallest absolute Gasteiger partial charge is 0.272 e. The molecular formula is C26H30N4O4. The number of carbonyl (C=O) groups excluding carboxylic acids is 2. The van der Waals surface area contributed by atoms with Crippen LogP contribution in [-0.2, 0) is 22.6 Å². The molecule has 0 spiro atoms. The summed E-state index contributed by atoms with van der Waals surface area (Å²) in [5, 5.41) is 8.48. The van der Waals surface area contributed by atoms with Gasteiger partial charge in [0.15, 0.2) is 11.5 Å². The molecule has 1 amide bonds. The highest BCUT2D eigenvalue weighted by Gasteiger charge is 2.39. The number of amides is 1. The third-order valence-corrected chi connectivity index (χ3v) is 6.78. The van der Waals surface area contributed by atoms with Gasteiger partial charge in [0.25, 0.3) is 5.91 Å². The van der Waals surface area contributed by atoms with Gasteiger partial charge in [0.2, 0.25) is 0 Å². The summed E-state index contributed by atoms with van der Waals surface area (Å²) < 4.78 is 12.7. The zero-order chi connectivity index (χ0) is 23.7. The predicted octanol–water partition coefficient (Wildman–Crippen LogP) is 2.80. The van der Waals surface area contributed by atoms with Crippen LogP contribution in [0.5, 0.6) is 5.75 Å². The molecule has 0 radical (unpaired) electrons. The first-order valence-corrected chi connectivity index (χ1v) is 11.7. The molecule has 2 fully saturated rings. The highest BCUT2D eigenvalue weighted by molar-refractivity contribution is 6.05. The van der Waals surface area contributed by atoms with E-state index in [-0.39, 0.29) is 36.4 Å². The van der Waals surface area contributed by atoms with Crippen LogP contribution in [0.1, 0.15) is 35.8 Å². The number of rotatable bonds is 7. The van der Waals surface area contributed by atoms with E-state index in [4.69, 9.17) is 9.47 Å². The normalized spacial score (nSPS) is 22.5. The minimum Gasteiger partial charge on any atom is -0.497 e. The maximum Gasteiger partial charge on any atom is 0.272 e. The molecule has 2 aliphatic heterocycles. The van der Waals surface area contributed by atoms with E-state index < -0.39 is 0 Å². The van der Waals surface area contributed by atoms with Gasteiger partial charge in [-0.2, -0.15) is 5.10 Å². The molecule has 1 N–H and O–H groups in total. The molecule has 2 aromatic carbocycles. The number of para-hydroxylation sites is 1. The number of Topliss-reactive ketones (excluding diaryl/α,β-unsaturated/α-hetero) is 1. The first-order chi connectivity index (χ1) is 16.5. The second kappa shape index (κ2) is 9.56. The van der Waals surface area contributed by atoms with Crippen molar-refractivity contribution < 1.29 is 19.1 Å². The molecule has 178 valence electrons. The van der Waals surface area contributed by atoms with Crippen LogP contribution in [-0.4, -0.2) is 64.8 Å². The summed E-state index contributed by atoms with van der Waals surface area (Å²) >= 11 is 0. The number of aromatic nitrogens is 2. The topological polar surface area (TPSA) is 85.7 Å². The monoisotopic (exact) mass is 462 g/mol. The Labute approximate surface area is 198 Å². The van der Waals surface area contributed by atoms with Crippen molar-refractivity contribution in [2.24, 2.45) is 0 Å². The molecule has 0 saturated carbocycles. The summed E-state index contributed by atoms with van der Waals surface area (Å²) in [6, 6.07) is 16.3. The van der Waals surface area contributed by atoms with E-state index in [0.29, 0.717) is 18.9 Å². The van der Waals surface area contributed by atoms with Crippen LogP contribution in [0.3, 0.4) is 0 Å². The third-order valence-electron chi connectivity index (χ3n) is 6.78. The number of ketones is 1. The first-order valence-electron chi connectivity index (χ1n) is 11.7. The number of nitrogens with zero attached hydrogens (tertiary/aromatic N) is 3. The van der Waals surface area contributed by atoms with Crippen molar-refractivity contribution in [3.8, 4) is 5.75 Å². The molecule has 5 rings (SSSR count). The average Bonchev–Trinajstić information content (AvgIpc) is 3.18. The van der Waals surface area contributed by atoms with E-state index in [1.54, 1.807) is 11.8 Å². The molecule has 3 atom stereocenters. The van der Waals surface area contributed by atoms with E-state index in [2.05, 4.69) is 27.4 Å². The number of methoxy groups -OCH3 is 1. The van der Waals surface area contributed by atoms with Crippen molar-refractivity contribution in [3.63, 3.8) is 0 Å². The standard InChI is InChI=1S/C26H30N4O4/c1-17(31)13-30-24-6-4-3-5-23(24)25(28-30)26(32)27-19-11-20-15-34-16-21(12-19)29(20)14-18-7-9-22(33-2)10-8-18/h3-10,19-21H,11-16H2,1-2H3,(H,27,32)/t19?,20-,21+. The molecule has 2 saturated heterocycles. The van der Waals surface area contributed by atoms with Gasteiger partial charge in [0, 0.05) is 30.1 Å². The molecule has 0 aliphatic carbocycles. The Kier molecular flexibility index (Phi) is 6.34. The molecule has 34 heavy (non-hydrogen) atoms. The molecule has 8 heteroatoms. The summed E-state index contributed by atoms with van der Waals surface area (Å²) in [6.07, 6.45) is 1.65. The molecule has 1 unspecified atom stereocenters. The first kappa shape index (κ1) is 22.6. The van der Waals surface area contributed by atoms with Gasteiger partial charge in [0.1, 0.15) is 5.75 Å². The molecule has 3 heterocycles. The minimum absolute atomic E-state index is 0.00253. The van der Waals surface area contributed by atoms with Crippen LogP contribution >= 0.6 is 0 Å². The lowest BCUT2D eigenvalue weighted by molar-refractivity contribution is -0.117. The predicted molar refractivity (Wildman–Crippen MR) is 128 cm³/mol. The number of piperidine rings is 1. The zero-order valence-corrected chi connectivity index (χ0v) is 19.6. The molecule has 2 aliphatic rings. The fraction of sp³-hybridized carbons (Fsp3) is 0.423. The average molecular weight is 463 g/mol. The fourth-order valence-electron chi connectivity index (χ4n) is 5.19. The molecular weight excluding hydrogens is 432 g/mol. The number of morpholine rings is 1. The summed E-state index contributed by atoms with van der Waals surface area (Å²) in [6.45, 7) is 3.85. The van der Waals surface area contributed by atoms with Gasteiger partial charge in [-0.15, -0.1) is 0 Å². The number of hydrogen-bond donors (Lipinski definition) is 1. The second-order valence-corrected chi connectivity index (χ2v) is 9.23. The maximum absolute atomic E-state index is 13.3. The number of nitrogens with one attached hydrogen (secondary N) is 1. The van der Waals surface area contributed by atoms with E-state index in [0.717, 1.165) is 36.0 Å². The Morgan fingerprint density at radius 1 is 1.09 bits per heavy atom. The molecule has 2 bridgehead atoms. The number of benzene rings is 2. The largest absolute Gasteiger partial charge is 0.497 e. The Bertz CT molecular complexity index is 1180. The Hall–Kier alpha value is -3.23. The Morgan fingerprint density at radius 2 is 1.79 bits per heavy atom. The van der Waals surface area contributed by atoms with Crippen LogP contribution in [0.25, 0.3) is 10.9 Å². The molecule has 1 aromatic heterocycles. The van der Waals surface area contributed by atoms with Crippen LogP contribution in [0.2, 0.25) is 0 Å².